The molecule has 1 aliphatic rings. The third-order valence-corrected chi connectivity index (χ3v) is 4.79. The van der Waals surface area contributed by atoms with Crippen LogP contribution in [0.2, 0.25) is 0 Å². The number of carbonyl (C=O) groups is 3. The van der Waals surface area contributed by atoms with E-state index in [0.29, 0.717) is 5.56 Å². The lowest BCUT2D eigenvalue weighted by Crippen LogP contribution is -2.34. The molecule has 1 aliphatic carbocycles. The summed E-state index contributed by atoms with van der Waals surface area (Å²) < 4.78 is 10.4. The Balaban J connectivity index is 2.10. The number of nitrogens with zero attached hydrogens (tertiary/aromatic N) is 1. The SMILES string of the molecule is CCOC(=O)C1(C(=O)OCC)[C@@H](C(=O)c2ccccn2)[C@@H]1c1ccccc1. The first-order chi connectivity index (χ1) is 13.1. The summed E-state index contributed by atoms with van der Waals surface area (Å²) in [6.07, 6.45) is 1.50. The van der Waals surface area contributed by atoms with Crippen LogP contribution < -0.4 is 0 Å². The van der Waals surface area contributed by atoms with E-state index in [1.165, 1.54) is 6.20 Å². The average molecular weight is 367 g/mol. The number of ether oxygens (including phenoxy) is 2. The molecule has 0 spiro atoms. The zero-order chi connectivity index (χ0) is 19.4. The predicted octanol–water partition coefficient (Wildman–Crippen LogP) is 2.79. The number of hydrogen-bond donors (Lipinski definition) is 0. The molecule has 0 aliphatic heterocycles. The van der Waals surface area contributed by atoms with Crippen molar-refractivity contribution >= 4 is 17.7 Å². The van der Waals surface area contributed by atoms with Crippen molar-refractivity contribution < 1.29 is 23.9 Å². The van der Waals surface area contributed by atoms with Crippen molar-refractivity contribution in [3.63, 3.8) is 0 Å². The molecular weight excluding hydrogens is 346 g/mol. The molecule has 1 fully saturated rings. The second-order valence-electron chi connectivity index (χ2n) is 6.26. The summed E-state index contributed by atoms with van der Waals surface area (Å²) in [6.45, 7) is 3.52. The number of esters is 2. The topological polar surface area (TPSA) is 82.6 Å². The maximum absolute atomic E-state index is 13.1. The molecule has 2 aromatic rings. The fourth-order valence-electron chi connectivity index (χ4n) is 3.62. The first-order valence-electron chi connectivity index (χ1n) is 8.93. The maximum atomic E-state index is 13.1. The van der Waals surface area contributed by atoms with E-state index in [1.54, 1.807) is 56.3 Å². The highest BCUT2D eigenvalue weighted by Crippen LogP contribution is 2.67. The Morgan fingerprint density at radius 3 is 2.04 bits per heavy atom. The van der Waals surface area contributed by atoms with E-state index in [4.69, 9.17) is 9.47 Å². The quantitative estimate of drug-likeness (QED) is 0.425. The standard InChI is InChI=1S/C21H21NO5/c1-3-26-19(24)21(20(25)27-4-2)16(14-10-6-5-7-11-14)17(21)18(23)15-12-8-9-13-22-15/h5-13,16-17H,3-4H2,1-2H3/t16-,17+/m0/s1. The fourth-order valence-corrected chi connectivity index (χ4v) is 3.62. The van der Waals surface area contributed by atoms with Crippen molar-refractivity contribution in [1.82, 2.24) is 4.98 Å². The number of pyridine rings is 1. The summed E-state index contributed by atoms with van der Waals surface area (Å²) in [7, 11) is 0. The van der Waals surface area contributed by atoms with E-state index >= 15 is 0 Å². The number of aromatic nitrogens is 1. The Morgan fingerprint density at radius 2 is 1.52 bits per heavy atom. The van der Waals surface area contributed by atoms with Gasteiger partial charge >= 0.3 is 11.9 Å². The molecule has 140 valence electrons. The Bertz CT molecular complexity index is 816. The molecule has 2 atom stereocenters. The van der Waals surface area contributed by atoms with E-state index < -0.39 is 29.2 Å². The van der Waals surface area contributed by atoms with Crippen LogP contribution in [-0.2, 0) is 19.1 Å². The molecule has 6 nitrogen and oxygen atoms in total. The fraction of sp³-hybridized carbons (Fsp3) is 0.333. The van der Waals surface area contributed by atoms with Crippen molar-refractivity contribution in [3.8, 4) is 0 Å². The Hall–Kier alpha value is -3.02. The molecule has 0 bridgehead atoms. The van der Waals surface area contributed by atoms with E-state index in [-0.39, 0.29) is 24.7 Å². The van der Waals surface area contributed by atoms with Crippen LogP contribution in [0, 0.1) is 11.3 Å². The maximum Gasteiger partial charge on any atom is 0.324 e. The molecule has 27 heavy (non-hydrogen) atoms. The van der Waals surface area contributed by atoms with Gasteiger partial charge in [-0.25, -0.2) is 0 Å². The summed E-state index contributed by atoms with van der Waals surface area (Å²) in [6, 6.07) is 14.0. The third kappa shape index (κ3) is 3.12. The van der Waals surface area contributed by atoms with Crippen LogP contribution in [0.15, 0.2) is 54.7 Å². The van der Waals surface area contributed by atoms with Crippen molar-refractivity contribution in [3.05, 3.63) is 66.0 Å². The van der Waals surface area contributed by atoms with Crippen LogP contribution in [0.4, 0.5) is 0 Å². The molecule has 1 aromatic carbocycles. The summed E-state index contributed by atoms with van der Waals surface area (Å²) in [5.74, 6) is -3.39. The Morgan fingerprint density at radius 1 is 0.926 bits per heavy atom. The van der Waals surface area contributed by atoms with Crippen molar-refractivity contribution in [2.24, 2.45) is 11.3 Å². The summed E-state index contributed by atoms with van der Waals surface area (Å²) >= 11 is 0. The van der Waals surface area contributed by atoms with Crippen LogP contribution in [0.1, 0.15) is 35.8 Å². The summed E-state index contributed by atoms with van der Waals surface area (Å²) in [4.78, 5) is 43.0. The van der Waals surface area contributed by atoms with Crippen LogP contribution >= 0.6 is 0 Å². The Kier molecular flexibility index (Phi) is 5.35. The summed E-state index contributed by atoms with van der Waals surface area (Å²) in [5, 5.41) is 0. The lowest BCUT2D eigenvalue weighted by Gasteiger charge is -2.15. The highest BCUT2D eigenvalue weighted by Gasteiger charge is 2.79. The van der Waals surface area contributed by atoms with Gasteiger partial charge in [0.25, 0.3) is 0 Å². The predicted molar refractivity (Wildman–Crippen MR) is 96.9 cm³/mol. The minimum absolute atomic E-state index is 0.103. The minimum atomic E-state index is -1.68. The second-order valence-corrected chi connectivity index (χ2v) is 6.26. The van der Waals surface area contributed by atoms with E-state index in [1.807, 2.05) is 6.07 Å². The average Bonchev–Trinajstić information content (AvgIpc) is 3.40. The highest BCUT2D eigenvalue weighted by atomic mass is 16.6. The number of rotatable bonds is 7. The zero-order valence-corrected chi connectivity index (χ0v) is 15.3. The number of benzene rings is 1. The normalized spacial score (nSPS) is 19.8. The van der Waals surface area contributed by atoms with E-state index in [9.17, 15) is 14.4 Å². The first-order valence-corrected chi connectivity index (χ1v) is 8.93. The van der Waals surface area contributed by atoms with Gasteiger partial charge in [-0.15, -0.1) is 0 Å². The zero-order valence-electron chi connectivity index (χ0n) is 15.3. The molecule has 1 aromatic heterocycles. The lowest BCUT2D eigenvalue weighted by molar-refractivity contribution is -0.165. The van der Waals surface area contributed by atoms with Gasteiger partial charge in [0, 0.05) is 12.1 Å². The largest absolute Gasteiger partial charge is 0.465 e. The van der Waals surface area contributed by atoms with Crippen LogP contribution in [0.3, 0.4) is 0 Å². The number of carbonyl (C=O) groups excluding carboxylic acids is 3. The molecule has 0 N–H and O–H groups in total. The molecule has 1 heterocycles. The van der Waals surface area contributed by atoms with Crippen LogP contribution in [-0.4, -0.2) is 35.9 Å². The van der Waals surface area contributed by atoms with E-state index in [2.05, 4.69) is 4.98 Å². The molecule has 3 rings (SSSR count). The molecule has 0 saturated heterocycles. The first kappa shape index (κ1) is 18.8. The van der Waals surface area contributed by atoms with Gasteiger partial charge in [0.2, 0.25) is 0 Å². The van der Waals surface area contributed by atoms with Gasteiger partial charge in [-0.05, 0) is 31.5 Å². The van der Waals surface area contributed by atoms with Gasteiger partial charge in [0.15, 0.2) is 11.2 Å². The molecule has 6 heteroatoms. The molecule has 0 amide bonds. The van der Waals surface area contributed by atoms with Crippen LogP contribution in [0.5, 0.6) is 0 Å². The van der Waals surface area contributed by atoms with Crippen molar-refractivity contribution in [1.29, 1.82) is 0 Å². The summed E-state index contributed by atoms with van der Waals surface area (Å²) in [5.41, 5.74) is -0.756. The van der Waals surface area contributed by atoms with Crippen LogP contribution in [0.25, 0.3) is 0 Å². The van der Waals surface area contributed by atoms with Gasteiger partial charge < -0.3 is 9.47 Å². The lowest BCUT2D eigenvalue weighted by atomic mass is 9.98. The molecule has 1 saturated carbocycles. The van der Waals surface area contributed by atoms with Gasteiger partial charge in [-0.1, -0.05) is 36.4 Å². The second kappa shape index (κ2) is 7.70. The number of hydrogen-bond acceptors (Lipinski definition) is 6. The highest BCUT2D eigenvalue weighted by molar-refractivity contribution is 6.15. The monoisotopic (exact) mass is 367 g/mol. The molecule has 0 unspecified atom stereocenters. The van der Waals surface area contributed by atoms with E-state index in [0.717, 1.165) is 0 Å². The van der Waals surface area contributed by atoms with Gasteiger partial charge in [-0.3, -0.25) is 19.4 Å². The van der Waals surface area contributed by atoms with Gasteiger partial charge in [0.05, 0.1) is 19.1 Å². The number of ketones is 1. The Labute approximate surface area is 157 Å². The van der Waals surface area contributed by atoms with Crippen molar-refractivity contribution in [2.45, 2.75) is 19.8 Å². The number of Topliss-reactive ketones (excluding diaryl/α,β-unsaturated/α-hetero) is 1. The minimum Gasteiger partial charge on any atom is -0.465 e. The molecule has 0 radical (unpaired) electrons. The van der Waals surface area contributed by atoms with Gasteiger partial charge in [0.1, 0.15) is 5.69 Å². The van der Waals surface area contributed by atoms with Gasteiger partial charge in [-0.2, -0.15) is 0 Å². The third-order valence-electron chi connectivity index (χ3n) is 4.79. The molecular formula is C21H21NO5. The van der Waals surface area contributed by atoms with Crippen molar-refractivity contribution in [2.75, 3.05) is 13.2 Å². The smallest absolute Gasteiger partial charge is 0.324 e.